The van der Waals surface area contributed by atoms with Gasteiger partial charge in [0.2, 0.25) is 11.8 Å². The topological polar surface area (TPSA) is 57.5 Å². The molecule has 7 nitrogen and oxygen atoms in total. The van der Waals surface area contributed by atoms with Crippen LogP contribution in [0.3, 0.4) is 0 Å². The van der Waals surface area contributed by atoms with E-state index in [2.05, 4.69) is 66.1 Å². The quantitative estimate of drug-likeness (QED) is 0.666. The first-order valence-corrected chi connectivity index (χ1v) is 11.5. The van der Waals surface area contributed by atoms with Gasteiger partial charge in [0, 0.05) is 51.4 Å². The van der Waals surface area contributed by atoms with Crippen LogP contribution in [0.2, 0.25) is 0 Å². The summed E-state index contributed by atoms with van der Waals surface area (Å²) in [5, 5.41) is 8.94. The van der Waals surface area contributed by atoms with Crippen LogP contribution in [0.4, 0.5) is 5.95 Å². The summed E-state index contributed by atoms with van der Waals surface area (Å²) >= 11 is 0. The highest BCUT2D eigenvalue weighted by Crippen LogP contribution is 2.35. The largest absolute Gasteiger partial charge is 0.340 e. The molecule has 3 heterocycles. The Morgan fingerprint density at radius 3 is 2.31 bits per heavy atom. The van der Waals surface area contributed by atoms with Gasteiger partial charge in [-0.05, 0) is 58.8 Å². The molecule has 2 aliphatic rings. The average molecular weight is 405 g/mol. The zero-order chi connectivity index (χ0) is 21.2. The summed E-state index contributed by atoms with van der Waals surface area (Å²) in [6.45, 7) is 18.8. The van der Waals surface area contributed by atoms with E-state index in [1.165, 1.54) is 0 Å². The van der Waals surface area contributed by atoms with Crippen molar-refractivity contribution in [2.45, 2.75) is 85.9 Å². The molecule has 0 bridgehead atoms. The molecule has 0 saturated carbocycles. The number of hydrogen-bond donors (Lipinski definition) is 0. The van der Waals surface area contributed by atoms with Crippen molar-refractivity contribution in [1.82, 2.24) is 24.6 Å². The lowest BCUT2D eigenvalue weighted by molar-refractivity contribution is 0.0773. The average Bonchev–Trinajstić information content (AvgIpc) is 3.40. The molecular weight excluding hydrogens is 364 g/mol. The monoisotopic (exact) mass is 404 g/mol. The second-order valence-electron chi connectivity index (χ2n) is 9.74. The van der Waals surface area contributed by atoms with E-state index in [-0.39, 0.29) is 5.91 Å². The number of carbonyl (C=O) groups excluding carboxylic acids is 1. The molecule has 1 atom stereocenters. The van der Waals surface area contributed by atoms with Crippen LogP contribution in [0.25, 0.3) is 0 Å². The molecule has 29 heavy (non-hydrogen) atoms. The molecule has 1 amide bonds. The Bertz CT molecular complexity index is 685. The SMILES string of the molecule is CCC1(C)CCN(c2nnc(C(=O)N3CCCC3)n2CCN(C(C)C)C(C)C)C1. The molecule has 0 aliphatic carbocycles. The summed E-state index contributed by atoms with van der Waals surface area (Å²) < 4.78 is 2.10. The van der Waals surface area contributed by atoms with E-state index < -0.39 is 0 Å². The van der Waals surface area contributed by atoms with Crippen LogP contribution in [0.1, 0.15) is 77.8 Å². The minimum atomic E-state index is 0.0411. The smallest absolute Gasteiger partial charge is 0.291 e. The maximum absolute atomic E-state index is 13.2. The molecule has 2 fully saturated rings. The van der Waals surface area contributed by atoms with E-state index in [9.17, 15) is 4.79 Å². The normalized spacial score (nSPS) is 22.7. The molecule has 164 valence electrons. The van der Waals surface area contributed by atoms with Crippen molar-refractivity contribution < 1.29 is 4.79 Å². The Hall–Kier alpha value is -1.63. The molecule has 0 radical (unpaired) electrons. The van der Waals surface area contributed by atoms with Crippen molar-refractivity contribution in [1.29, 1.82) is 0 Å². The number of aromatic nitrogens is 3. The van der Waals surface area contributed by atoms with E-state index in [0.717, 1.165) is 70.9 Å². The molecule has 2 aliphatic heterocycles. The van der Waals surface area contributed by atoms with E-state index in [1.54, 1.807) is 0 Å². The lowest BCUT2D eigenvalue weighted by Crippen LogP contribution is -2.40. The predicted octanol–water partition coefficient (Wildman–Crippen LogP) is 3.26. The van der Waals surface area contributed by atoms with Crippen LogP contribution in [0, 0.1) is 5.41 Å². The Morgan fingerprint density at radius 2 is 1.76 bits per heavy atom. The van der Waals surface area contributed by atoms with Gasteiger partial charge in [0.1, 0.15) is 0 Å². The summed E-state index contributed by atoms with van der Waals surface area (Å²) in [7, 11) is 0. The van der Waals surface area contributed by atoms with Gasteiger partial charge >= 0.3 is 0 Å². The van der Waals surface area contributed by atoms with Gasteiger partial charge in [-0.1, -0.05) is 13.8 Å². The summed E-state index contributed by atoms with van der Waals surface area (Å²) in [6.07, 6.45) is 4.49. The van der Waals surface area contributed by atoms with Gasteiger partial charge in [-0.25, -0.2) is 0 Å². The molecule has 0 spiro atoms. The molecule has 0 aromatic carbocycles. The van der Waals surface area contributed by atoms with E-state index in [1.807, 2.05) is 4.90 Å². The Labute approximate surface area is 176 Å². The number of likely N-dealkylation sites (tertiary alicyclic amines) is 1. The Balaban J connectivity index is 1.87. The van der Waals surface area contributed by atoms with Crippen LogP contribution >= 0.6 is 0 Å². The third-order valence-electron chi connectivity index (χ3n) is 6.92. The van der Waals surface area contributed by atoms with Crippen LogP contribution in [-0.4, -0.2) is 75.3 Å². The highest BCUT2D eigenvalue weighted by Gasteiger charge is 2.36. The number of anilines is 1. The van der Waals surface area contributed by atoms with Gasteiger partial charge in [0.25, 0.3) is 5.91 Å². The first-order valence-electron chi connectivity index (χ1n) is 11.5. The van der Waals surface area contributed by atoms with Gasteiger partial charge in [-0.3, -0.25) is 14.3 Å². The molecule has 0 N–H and O–H groups in total. The van der Waals surface area contributed by atoms with Crippen molar-refractivity contribution >= 4 is 11.9 Å². The lowest BCUT2D eigenvalue weighted by atomic mass is 9.87. The standard InChI is InChI=1S/C22H40N6O/c1-7-22(6)10-13-26(16-22)21-24-23-19(20(29)25-11-8-9-12-25)28(21)15-14-27(17(2)3)18(4)5/h17-18H,7-16H2,1-6H3. The number of hydrogen-bond acceptors (Lipinski definition) is 5. The van der Waals surface area contributed by atoms with Crippen molar-refractivity contribution in [2.75, 3.05) is 37.6 Å². The van der Waals surface area contributed by atoms with Gasteiger partial charge in [0.05, 0.1) is 0 Å². The second-order valence-corrected chi connectivity index (χ2v) is 9.74. The van der Waals surface area contributed by atoms with E-state index in [0.29, 0.717) is 23.3 Å². The third-order valence-corrected chi connectivity index (χ3v) is 6.92. The fourth-order valence-corrected chi connectivity index (χ4v) is 4.77. The molecule has 1 aromatic heterocycles. The zero-order valence-electron chi connectivity index (χ0n) is 19.3. The summed E-state index contributed by atoms with van der Waals surface area (Å²) in [5.41, 5.74) is 0.317. The lowest BCUT2D eigenvalue weighted by Gasteiger charge is -2.31. The van der Waals surface area contributed by atoms with Crippen molar-refractivity contribution in [3.05, 3.63) is 5.82 Å². The number of carbonyl (C=O) groups is 1. The molecule has 1 unspecified atom stereocenters. The number of amides is 1. The highest BCUT2D eigenvalue weighted by atomic mass is 16.2. The molecular formula is C22H40N6O. The summed E-state index contributed by atoms with van der Waals surface area (Å²) in [5.74, 6) is 1.43. The van der Waals surface area contributed by atoms with Gasteiger partial charge < -0.3 is 9.80 Å². The van der Waals surface area contributed by atoms with Crippen LogP contribution in [0.15, 0.2) is 0 Å². The molecule has 7 heteroatoms. The van der Waals surface area contributed by atoms with Gasteiger partial charge in [-0.15, -0.1) is 10.2 Å². The maximum atomic E-state index is 13.2. The predicted molar refractivity (Wildman–Crippen MR) is 117 cm³/mol. The zero-order valence-corrected chi connectivity index (χ0v) is 19.3. The van der Waals surface area contributed by atoms with Crippen LogP contribution in [0.5, 0.6) is 0 Å². The highest BCUT2D eigenvalue weighted by molar-refractivity contribution is 5.91. The van der Waals surface area contributed by atoms with Crippen LogP contribution in [-0.2, 0) is 6.54 Å². The summed E-state index contributed by atoms with van der Waals surface area (Å²) in [6, 6.07) is 0.922. The minimum absolute atomic E-state index is 0.0411. The molecule has 1 aromatic rings. The minimum Gasteiger partial charge on any atom is -0.340 e. The van der Waals surface area contributed by atoms with E-state index in [4.69, 9.17) is 0 Å². The van der Waals surface area contributed by atoms with Crippen molar-refractivity contribution in [3.63, 3.8) is 0 Å². The first kappa shape index (κ1) is 22.1. The maximum Gasteiger partial charge on any atom is 0.291 e. The van der Waals surface area contributed by atoms with E-state index >= 15 is 0 Å². The third kappa shape index (κ3) is 4.76. The molecule has 3 rings (SSSR count). The van der Waals surface area contributed by atoms with Gasteiger partial charge in [-0.2, -0.15) is 0 Å². The Morgan fingerprint density at radius 1 is 1.10 bits per heavy atom. The van der Waals surface area contributed by atoms with Crippen LogP contribution < -0.4 is 4.90 Å². The second kappa shape index (κ2) is 9.02. The fraction of sp³-hybridized carbons (Fsp3) is 0.864. The number of nitrogens with zero attached hydrogens (tertiary/aromatic N) is 6. The Kier molecular flexibility index (Phi) is 6.87. The van der Waals surface area contributed by atoms with Gasteiger partial charge in [0.15, 0.2) is 0 Å². The first-order chi connectivity index (χ1) is 13.8. The molecule has 2 saturated heterocycles. The van der Waals surface area contributed by atoms with Crippen molar-refractivity contribution in [2.24, 2.45) is 5.41 Å². The number of rotatable bonds is 8. The van der Waals surface area contributed by atoms with Crippen molar-refractivity contribution in [3.8, 4) is 0 Å². The summed E-state index contributed by atoms with van der Waals surface area (Å²) in [4.78, 5) is 19.9. The fourth-order valence-electron chi connectivity index (χ4n) is 4.77.